The number of amides is 1. The molecule has 0 radical (unpaired) electrons. The van der Waals surface area contributed by atoms with Crippen LogP contribution in [0.2, 0.25) is 0 Å². The third-order valence-corrected chi connectivity index (χ3v) is 4.60. The first-order chi connectivity index (χ1) is 11.8. The molecule has 0 saturated heterocycles. The first kappa shape index (κ1) is 15.2. The third kappa shape index (κ3) is 3.75. The van der Waals surface area contributed by atoms with Gasteiger partial charge in [0, 0.05) is 17.8 Å². The average Bonchev–Trinajstić information content (AvgIpc) is 3.10. The van der Waals surface area contributed by atoms with E-state index in [1.54, 1.807) is 4.68 Å². The molecular formula is C18H22N4O2. The van der Waals surface area contributed by atoms with Gasteiger partial charge in [0.25, 0.3) is 0 Å². The van der Waals surface area contributed by atoms with E-state index in [1.165, 1.54) is 25.7 Å². The summed E-state index contributed by atoms with van der Waals surface area (Å²) in [6, 6.07) is 7.57. The topological polar surface area (TPSA) is 69.0 Å². The summed E-state index contributed by atoms with van der Waals surface area (Å²) in [5.41, 5.74) is 1.76. The molecule has 0 aliphatic heterocycles. The number of nitrogens with zero attached hydrogens (tertiary/aromatic N) is 3. The molecule has 4 rings (SSSR count). The van der Waals surface area contributed by atoms with Crippen LogP contribution >= 0.6 is 0 Å². The summed E-state index contributed by atoms with van der Waals surface area (Å²) in [6.45, 7) is 0.181. The molecule has 126 valence electrons. The van der Waals surface area contributed by atoms with Gasteiger partial charge in [-0.1, -0.05) is 5.21 Å². The van der Waals surface area contributed by atoms with Crippen LogP contribution in [0.25, 0.3) is 0 Å². The number of rotatable bonds is 6. The van der Waals surface area contributed by atoms with Gasteiger partial charge in [0.15, 0.2) is 0 Å². The zero-order chi connectivity index (χ0) is 16.4. The van der Waals surface area contributed by atoms with E-state index in [1.807, 2.05) is 30.5 Å². The van der Waals surface area contributed by atoms with Gasteiger partial charge in [-0.25, -0.2) is 4.68 Å². The van der Waals surface area contributed by atoms with Crippen LogP contribution in [0.5, 0.6) is 5.75 Å². The molecule has 6 heteroatoms. The van der Waals surface area contributed by atoms with Gasteiger partial charge in [0.05, 0.1) is 11.8 Å². The average molecular weight is 326 g/mol. The number of nitrogens with one attached hydrogen (secondary N) is 1. The lowest BCUT2D eigenvalue weighted by molar-refractivity contribution is -0.116. The maximum atomic E-state index is 12.1. The summed E-state index contributed by atoms with van der Waals surface area (Å²) >= 11 is 0. The smallest absolute Gasteiger partial charge is 0.246 e. The van der Waals surface area contributed by atoms with Crippen molar-refractivity contribution in [2.24, 2.45) is 0 Å². The second-order valence-corrected chi connectivity index (χ2v) is 6.71. The van der Waals surface area contributed by atoms with Crippen molar-refractivity contribution in [3.05, 3.63) is 36.2 Å². The van der Waals surface area contributed by atoms with Crippen molar-refractivity contribution >= 4 is 11.6 Å². The minimum atomic E-state index is -0.105. The Balaban J connectivity index is 1.29. The number of carbonyl (C=O) groups is 1. The molecule has 1 aromatic carbocycles. The summed E-state index contributed by atoms with van der Waals surface area (Å²) in [4.78, 5) is 12.1. The van der Waals surface area contributed by atoms with E-state index in [0.29, 0.717) is 12.0 Å². The normalized spacial score (nSPS) is 17.8. The Kier molecular flexibility index (Phi) is 4.19. The number of hydrogen-bond acceptors (Lipinski definition) is 4. The molecule has 1 heterocycles. The molecule has 1 N–H and O–H groups in total. The van der Waals surface area contributed by atoms with Gasteiger partial charge in [-0.3, -0.25) is 4.79 Å². The molecule has 1 amide bonds. The molecule has 2 saturated carbocycles. The van der Waals surface area contributed by atoms with Gasteiger partial charge in [-0.2, -0.15) is 0 Å². The van der Waals surface area contributed by atoms with E-state index in [9.17, 15) is 4.79 Å². The predicted octanol–water partition coefficient (Wildman–Crippen LogP) is 3.12. The standard InChI is InChI=1S/C18H22N4O2/c23-18(12-22-11-17(20-21-22)13-5-6-13)19-14-7-9-16(10-8-14)24-15-3-1-2-4-15/h7-11,13,15H,1-6,12H2,(H,19,23). The Labute approximate surface area is 141 Å². The van der Waals surface area contributed by atoms with Gasteiger partial charge in [-0.05, 0) is 62.8 Å². The molecule has 0 atom stereocenters. The number of anilines is 1. The fourth-order valence-corrected chi connectivity index (χ4v) is 3.12. The van der Waals surface area contributed by atoms with Gasteiger partial charge >= 0.3 is 0 Å². The molecule has 2 aliphatic carbocycles. The summed E-state index contributed by atoms with van der Waals surface area (Å²) < 4.78 is 7.52. The van der Waals surface area contributed by atoms with Crippen LogP contribution in [0.3, 0.4) is 0 Å². The maximum Gasteiger partial charge on any atom is 0.246 e. The Morgan fingerprint density at radius 3 is 2.62 bits per heavy atom. The predicted molar refractivity (Wildman–Crippen MR) is 90.0 cm³/mol. The van der Waals surface area contributed by atoms with E-state index in [2.05, 4.69) is 15.6 Å². The van der Waals surface area contributed by atoms with Crippen molar-refractivity contribution in [1.82, 2.24) is 15.0 Å². The first-order valence-electron chi connectivity index (χ1n) is 8.73. The van der Waals surface area contributed by atoms with Gasteiger partial charge < -0.3 is 10.1 Å². The van der Waals surface area contributed by atoms with Crippen LogP contribution in [-0.2, 0) is 11.3 Å². The lowest BCUT2D eigenvalue weighted by Gasteiger charge is -2.13. The number of aromatic nitrogens is 3. The van der Waals surface area contributed by atoms with Gasteiger partial charge in [0.2, 0.25) is 5.91 Å². The van der Waals surface area contributed by atoms with Crippen molar-refractivity contribution in [1.29, 1.82) is 0 Å². The highest BCUT2D eigenvalue weighted by Gasteiger charge is 2.26. The van der Waals surface area contributed by atoms with Gasteiger partial charge in [-0.15, -0.1) is 5.10 Å². The fraction of sp³-hybridized carbons (Fsp3) is 0.500. The Morgan fingerprint density at radius 2 is 1.92 bits per heavy atom. The quantitative estimate of drug-likeness (QED) is 0.885. The molecule has 24 heavy (non-hydrogen) atoms. The van der Waals surface area contributed by atoms with Crippen molar-refractivity contribution in [2.45, 2.75) is 57.1 Å². The Bertz CT molecular complexity index is 700. The third-order valence-electron chi connectivity index (χ3n) is 4.60. The first-order valence-corrected chi connectivity index (χ1v) is 8.73. The molecule has 2 fully saturated rings. The van der Waals surface area contributed by atoms with Crippen LogP contribution in [0.4, 0.5) is 5.69 Å². The number of benzene rings is 1. The van der Waals surface area contributed by atoms with Crippen LogP contribution in [0.1, 0.15) is 50.1 Å². The second kappa shape index (κ2) is 6.63. The monoisotopic (exact) mass is 326 g/mol. The Morgan fingerprint density at radius 1 is 1.17 bits per heavy atom. The highest BCUT2D eigenvalue weighted by Crippen LogP contribution is 2.38. The molecular weight excluding hydrogens is 304 g/mol. The van der Waals surface area contributed by atoms with Crippen LogP contribution in [0, 0.1) is 0 Å². The summed E-state index contributed by atoms with van der Waals surface area (Å²) in [7, 11) is 0. The largest absolute Gasteiger partial charge is 0.490 e. The molecule has 2 aliphatic rings. The number of carbonyl (C=O) groups excluding carboxylic acids is 1. The summed E-state index contributed by atoms with van der Waals surface area (Å²) in [5, 5.41) is 11.0. The van der Waals surface area contributed by atoms with Crippen LogP contribution in [0.15, 0.2) is 30.5 Å². The fourth-order valence-electron chi connectivity index (χ4n) is 3.12. The molecule has 0 spiro atoms. The number of hydrogen-bond donors (Lipinski definition) is 1. The van der Waals surface area contributed by atoms with E-state index < -0.39 is 0 Å². The van der Waals surface area contributed by atoms with Crippen LogP contribution < -0.4 is 10.1 Å². The minimum absolute atomic E-state index is 0.105. The maximum absolute atomic E-state index is 12.1. The molecule has 0 unspecified atom stereocenters. The summed E-state index contributed by atoms with van der Waals surface area (Å²) in [6.07, 6.45) is 9.36. The van der Waals surface area contributed by atoms with E-state index >= 15 is 0 Å². The highest BCUT2D eigenvalue weighted by molar-refractivity contribution is 5.90. The van der Waals surface area contributed by atoms with Gasteiger partial charge in [0.1, 0.15) is 12.3 Å². The van der Waals surface area contributed by atoms with E-state index in [-0.39, 0.29) is 12.5 Å². The van der Waals surface area contributed by atoms with Crippen molar-refractivity contribution < 1.29 is 9.53 Å². The number of ether oxygens (including phenoxy) is 1. The van der Waals surface area contributed by atoms with Crippen molar-refractivity contribution in [3.63, 3.8) is 0 Å². The van der Waals surface area contributed by atoms with Crippen molar-refractivity contribution in [3.8, 4) is 5.75 Å². The van der Waals surface area contributed by atoms with Crippen LogP contribution in [-0.4, -0.2) is 27.0 Å². The molecule has 6 nitrogen and oxygen atoms in total. The highest BCUT2D eigenvalue weighted by atomic mass is 16.5. The molecule has 0 bridgehead atoms. The minimum Gasteiger partial charge on any atom is -0.490 e. The lowest BCUT2D eigenvalue weighted by atomic mass is 10.2. The summed E-state index contributed by atoms with van der Waals surface area (Å²) in [5.74, 6) is 1.31. The second-order valence-electron chi connectivity index (χ2n) is 6.71. The Hall–Kier alpha value is -2.37. The SMILES string of the molecule is O=C(Cn1cc(C2CC2)nn1)Nc1ccc(OC2CCCC2)cc1. The zero-order valence-corrected chi connectivity index (χ0v) is 13.6. The molecule has 2 aromatic rings. The molecule has 1 aromatic heterocycles. The lowest BCUT2D eigenvalue weighted by Crippen LogP contribution is -2.19. The van der Waals surface area contributed by atoms with E-state index in [0.717, 1.165) is 30.0 Å². The zero-order valence-electron chi connectivity index (χ0n) is 13.6. The van der Waals surface area contributed by atoms with E-state index in [4.69, 9.17) is 4.74 Å². The van der Waals surface area contributed by atoms with Crippen molar-refractivity contribution in [2.75, 3.05) is 5.32 Å².